The molecule has 0 spiro atoms. The number of methoxy groups -OCH3 is 1. The predicted octanol–water partition coefficient (Wildman–Crippen LogP) is 1.06. The van der Waals surface area contributed by atoms with Crippen molar-refractivity contribution in [2.24, 2.45) is 0 Å². The van der Waals surface area contributed by atoms with Crippen LogP contribution in [0.15, 0.2) is 6.20 Å². The minimum absolute atomic E-state index is 0.379. The van der Waals surface area contributed by atoms with E-state index in [4.69, 9.17) is 10.5 Å². The van der Waals surface area contributed by atoms with Crippen molar-refractivity contribution in [1.29, 1.82) is 0 Å². The minimum Gasteiger partial charge on any atom is -0.467 e. The largest absolute Gasteiger partial charge is 0.467 e. The van der Waals surface area contributed by atoms with Crippen LogP contribution in [0.25, 0.3) is 0 Å². The Morgan fingerprint density at radius 1 is 1.33 bits per heavy atom. The van der Waals surface area contributed by atoms with E-state index < -0.39 is 0 Å². The topological polar surface area (TPSA) is 64.3 Å². The lowest BCUT2D eigenvalue weighted by Gasteiger charge is -2.28. The van der Waals surface area contributed by atoms with Crippen molar-refractivity contribution < 1.29 is 4.74 Å². The molecule has 0 aliphatic carbocycles. The molecule has 0 amide bonds. The number of ether oxygens (including phenoxy) is 1. The third kappa shape index (κ3) is 2.11. The van der Waals surface area contributed by atoms with Gasteiger partial charge in [0.25, 0.3) is 0 Å². The van der Waals surface area contributed by atoms with E-state index in [-0.39, 0.29) is 0 Å². The Kier molecular flexibility index (Phi) is 2.89. The van der Waals surface area contributed by atoms with Crippen LogP contribution in [0.1, 0.15) is 19.3 Å². The molecule has 82 valence electrons. The zero-order valence-corrected chi connectivity index (χ0v) is 8.94. The number of anilines is 2. The lowest BCUT2D eigenvalue weighted by atomic mass is 10.1. The van der Waals surface area contributed by atoms with Gasteiger partial charge < -0.3 is 15.4 Å². The Bertz CT molecular complexity index is 336. The number of rotatable bonds is 2. The highest BCUT2D eigenvalue weighted by Crippen LogP contribution is 2.24. The van der Waals surface area contributed by atoms with Gasteiger partial charge in [0.05, 0.1) is 19.0 Å². The third-order valence-electron chi connectivity index (χ3n) is 2.61. The number of hydrogen-bond donors (Lipinski definition) is 1. The smallest absolute Gasteiger partial charge is 0.318 e. The fourth-order valence-electron chi connectivity index (χ4n) is 1.82. The average molecular weight is 208 g/mol. The van der Waals surface area contributed by atoms with Crippen LogP contribution in [0, 0.1) is 0 Å². The number of nitrogens with zero attached hydrogens (tertiary/aromatic N) is 3. The van der Waals surface area contributed by atoms with E-state index in [0.717, 1.165) is 18.9 Å². The van der Waals surface area contributed by atoms with Crippen LogP contribution in [0.4, 0.5) is 11.5 Å². The lowest BCUT2D eigenvalue weighted by Crippen LogP contribution is -2.31. The summed E-state index contributed by atoms with van der Waals surface area (Å²) in [5, 5.41) is 0. The minimum atomic E-state index is 0.379. The van der Waals surface area contributed by atoms with E-state index >= 15 is 0 Å². The van der Waals surface area contributed by atoms with Gasteiger partial charge in [-0.05, 0) is 19.3 Å². The molecule has 0 unspecified atom stereocenters. The standard InChI is InChI=1S/C10H16N4O/c1-15-10-12-7-8(11)9(13-10)14-5-3-2-4-6-14/h7H,2-6,11H2,1H3. The molecule has 0 atom stereocenters. The number of aromatic nitrogens is 2. The summed E-state index contributed by atoms with van der Waals surface area (Å²) in [5.74, 6) is 0.807. The van der Waals surface area contributed by atoms with Gasteiger partial charge in [-0.1, -0.05) is 0 Å². The molecule has 1 aromatic rings. The van der Waals surface area contributed by atoms with E-state index in [1.54, 1.807) is 13.3 Å². The molecule has 5 heteroatoms. The molecule has 2 rings (SSSR count). The zero-order chi connectivity index (χ0) is 10.7. The molecule has 2 heterocycles. The first kappa shape index (κ1) is 10.0. The molecule has 2 N–H and O–H groups in total. The van der Waals surface area contributed by atoms with Gasteiger partial charge in [-0.3, -0.25) is 0 Å². The Labute approximate surface area is 89.3 Å². The summed E-state index contributed by atoms with van der Waals surface area (Å²) < 4.78 is 5.00. The fraction of sp³-hybridized carbons (Fsp3) is 0.600. The number of piperidine rings is 1. The number of nitrogens with two attached hydrogens (primary N) is 1. The summed E-state index contributed by atoms with van der Waals surface area (Å²) in [5.41, 5.74) is 6.48. The predicted molar refractivity (Wildman–Crippen MR) is 59.1 cm³/mol. The molecule has 15 heavy (non-hydrogen) atoms. The highest BCUT2D eigenvalue weighted by molar-refractivity contribution is 5.61. The van der Waals surface area contributed by atoms with Crippen LogP contribution in [0.2, 0.25) is 0 Å². The maximum absolute atomic E-state index is 5.85. The second-order valence-corrected chi connectivity index (χ2v) is 3.68. The second kappa shape index (κ2) is 4.33. The van der Waals surface area contributed by atoms with Crippen LogP contribution < -0.4 is 15.4 Å². The van der Waals surface area contributed by atoms with Crippen LogP contribution in [-0.2, 0) is 0 Å². The quantitative estimate of drug-likeness (QED) is 0.787. The monoisotopic (exact) mass is 208 g/mol. The van der Waals surface area contributed by atoms with Gasteiger partial charge in [0, 0.05) is 13.1 Å². The van der Waals surface area contributed by atoms with Gasteiger partial charge in [0.1, 0.15) is 0 Å². The van der Waals surface area contributed by atoms with Gasteiger partial charge in [-0.15, -0.1) is 0 Å². The zero-order valence-electron chi connectivity index (χ0n) is 8.94. The van der Waals surface area contributed by atoms with Crippen molar-refractivity contribution in [3.05, 3.63) is 6.20 Å². The summed E-state index contributed by atoms with van der Waals surface area (Å²) in [6.45, 7) is 2.04. The van der Waals surface area contributed by atoms with Crippen LogP contribution >= 0.6 is 0 Å². The molecule has 0 saturated carbocycles. The van der Waals surface area contributed by atoms with Gasteiger partial charge >= 0.3 is 6.01 Å². The molecule has 5 nitrogen and oxygen atoms in total. The van der Waals surface area contributed by atoms with E-state index in [2.05, 4.69) is 14.9 Å². The van der Waals surface area contributed by atoms with E-state index in [1.807, 2.05) is 0 Å². The Morgan fingerprint density at radius 2 is 2.07 bits per heavy atom. The van der Waals surface area contributed by atoms with Crippen molar-refractivity contribution in [2.75, 3.05) is 30.8 Å². The maximum atomic E-state index is 5.85. The molecule has 0 bridgehead atoms. The average Bonchev–Trinajstić information content (AvgIpc) is 2.31. The van der Waals surface area contributed by atoms with Crippen molar-refractivity contribution in [1.82, 2.24) is 9.97 Å². The Morgan fingerprint density at radius 3 is 2.73 bits per heavy atom. The molecular weight excluding hydrogens is 192 g/mol. The fourth-order valence-corrected chi connectivity index (χ4v) is 1.82. The highest BCUT2D eigenvalue weighted by Gasteiger charge is 2.15. The van der Waals surface area contributed by atoms with Crippen molar-refractivity contribution in [2.45, 2.75) is 19.3 Å². The number of nitrogen functional groups attached to an aromatic ring is 1. The summed E-state index contributed by atoms with van der Waals surface area (Å²) in [6.07, 6.45) is 5.30. The summed E-state index contributed by atoms with van der Waals surface area (Å²) in [6, 6.07) is 0.379. The van der Waals surface area contributed by atoms with Crippen molar-refractivity contribution in [3.8, 4) is 6.01 Å². The molecule has 1 saturated heterocycles. The highest BCUT2D eigenvalue weighted by atomic mass is 16.5. The van der Waals surface area contributed by atoms with Crippen LogP contribution in [-0.4, -0.2) is 30.2 Å². The van der Waals surface area contributed by atoms with Crippen LogP contribution in [0.3, 0.4) is 0 Å². The Balaban J connectivity index is 2.24. The van der Waals surface area contributed by atoms with Crippen molar-refractivity contribution in [3.63, 3.8) is 0 Å². The summed E-state index contributed by atoms with van der Waals surface area (Å²) >= 11 is 0. The number of hydrogen-bond acceptors (Lipinski definition) is 5. The lowest BCUT2D eigenvalue weighted by molar-refractivity contribution is 0.379. The van der Waals surface area contributed by atoms with Crippen LogP contribution in [0.5, 0.6) is 6.01 Å². The first-order valence-electron chi connectivity index (χ1n) is 5.22. The first-order valence-corrected chi connectivity index (χ1v) is 5.22. The van der Waals surface area contributed by atoms with Crippen molar-refractivity contribution >= 4 is 11.5 Å². The molecular formula is C10H16N4O. The SMILES string of the molecule is COc1ncc(N)c(N2CCCCC2)n1. The molecule has 1 aliphatic rings. The molecule has 1 fully saturated rings. The van der Waals surface area contributed by atoms with Gasteiger partial charge in [0.2, 0.25) is 0 Å². The molecule has 0 radical (unpaired) electrons. The van der Waals surface area contributed by atoms with E-state index in [9.17, 15) is 0 Å². The first-order chi connectivity index (χ1) is 7.31. The summed E-state index contributed by atoms with van der Waals surface area (Å²) in [4.78, 5) is 10.4. The van der Waals surface area contributed by atoms with Gasteiger partial charge in [-0.25, -0.2) is 4.98 Å². The second-order valence-electron chi connectivity index (χ2n) is 3.68. The Hall–Kier alpha value is -1.52. The third-order valence-corrected chi connectivity index (χ3v) is 2.61. The summed E-state index contributed by atoms with van der Waals surface area (Å²) in [7, 11) is 1.56. The van der Waals surface area contributed by atoms with E-state index in [1.165, 1.54) is 19.3 Å². The van der Waals surface area contributed by atoms with Gasteiger partial charge in [-0.2, -0.15) is 4.98 Å². The normalized spacial score (nSPS) is 16.5. The van der Waals surface area contributed by atoms with E-state index in [0.29, 0.717) is 11.7 Å². The van der Waals surface area contributed by atoms with Gasteiger partial charge in [0.15, 0.2) is 5.82 Å². The molecule has 1 aromatic heterocycles. The molecule has 0 aromatic carbocycles. The maximum Gasteiger partial charge on any atom is 0.318 e. The molecule has 1 aliphatic heterocycles.